The van der Waals surface area contributed by atoms with Gasteiger partial charge in [0.15, 0.2) is 5.82 Å². The third-order valence-electron chi connectivity index (χ3n) is 4.60. The Hall–Kier alpha value is -3.28. The lowest BCUT2D eigenvalue weighted by atomic mass is 10.00. The number of halogens is 3. The fraction of sp³-hybridized carbons (Fsp3) is 0.136. The Labute approximate surface area is 159 Å². The first-order chi connectivity index (χ1) is 13.4. The topological polar surface area (TPSA) is 38.7 Å². The standard InChI is InChI=1S/C22H16F3N3/c1-14-10-11-19(21-26-13-16-7-3-5-9-18(16)28-21)27-20(14)12-15-6-2-4-8-17(15)22(23,24)25/h2-11,13H,12H2,1H3. The number of aryl methyl sites for hydroxylation is 1. The number of para-hydroxylation sites is 1. The summed E-state index contributed by atoms with van der Waals surface area (Å²) in [5.41, 5.74) is 2.29. The van der Waals surface area contributed by atoms with E-state index in [0.29, 0.717) is 17.2 Å². The Bertz CT molecular complexity index is 1150. The molecule has 0 radical (unpaired) electrons. The van der Waals surface area contributed by atoms with Crippen LogP contribution in [-0.2, 0) is 12.6 Å². The summed E-state index contributed by atoms with van der Waals surface area (Å²) in [5.74, 6) is 0.448. The highest BCUT2D eigenvalue weighted by Crippen LogP contribution is 2.33. The van der Waals surface area contributed by atoms with Crippen molar-refractivity contribution in [3.05, 3.63) is 89.2 Å². The van der Waals surface area contributed by atoms with Crippen LogP contribution in [0.25, 0.3) is 22.4 Å². The van der Waals surface area contributed by atoms with Gasteiger partial charge in [0.05, 0.1) is 11.1 Å². The molecule has 0 fully saturated rings. The van der Waals surface area contributed by atoms with Gasteiger partial charge in [-0.2, -0.15) is 13.2 Å². The van der Waals surface area contributed by atoms with Gasteiger partial charge in [-0.25, -0.2) is 15.0 Å². The molecule has 0 saturated carbocycles. The van der Waals surface area contributed by atoms with E-state index in [9.17, 15) is 13.2 Å². The van der Waals surface area contributed by atoms with E-state index in [1.807, 2.05) is 37.3 Å². The summed E-state index contributed by atoms with van der Waals surface area (Å²) in [6.45, 7) is 1.84. The molecule has 6 heteroatoms. The van der Waals surface area contributed by atoms with E-state index in [0.717, 1.165) is 22.5 Å². The van der Waals surface area contributed by atoms with Crippen LogP contribution in [0.15, 0.2) is 66.9 Å². The first-order valence-electron chi connectivity index (χ1n) is 8.75. The molecule has 0 amide bonds. The van der Waals surface area contributed by atoms with Crippen molar-refractivity contribution in [1.82, 2.24) is 15.0 Å². The summed E-state index contributed by atoms with van der Waals surface area (Å²) in [4.78, 5) is 13.5. The molecular formula is C22H16F3N3. The van der Waals surface area contributed by atoms with E-state index in [-0.39, 0.29) is 12.0 Å². The monoisotopic (exact) mass is 379 g/mol. The van der Waals surface area contributed by atoms with Crippen LogP contribution < -0.4 is 0 Å². The van der Waals surface area contributed by atoms with Crippen LogP contribution in [0.4, 0.5) is 13.2 Å². The maximum absolute atomic E-state index is 13.3. The average Bonchev–Trinajstić information content (AvgIpc) is 2.69. The van der Waals surface area contributed by atoms with Crippen molar-refractivity contribution < 1.29 is 13.2 Å². The molecule has 2 aromatic heterocycles. The highest BCUT2D eigenvalue weighted by molar-refractivity contribution is 5.79. The SMILES string of the molecule is Cc1ccc(-c2ncc3ccccc3n2)nc1Cc1ccccc1C(F)(F)F. The zero-order valence-electron chi connectivity index (χ0n) is 15.0. The molecule has 2 heterocycles. The molecule has 0 spiro atoms. The van der Waals surface area contributed by atoms with Crippen LogP contribution in [0.5, 0.6) is 0 Å². The largest absolute Gasteiger partial charge is 0.416 e. The third kappa shape index (κ3) is 3.58. The van der Waals surface area contributed by atoms with Crippen molar-refractivity contribution >= 4 is 10.9 Å². The number of rotatable bonds is 3. The second-order valence-corrected chi connectivity index (χ2v) is 6.54. The Morgan fingerprint density at radius 1 is 0.857 bits per heavy atom. The van der Waals surface area contributed by atoms with E-state index < -0.39 is 11.7 Å². The maximum Gasteiger partial charge on any atom is 0.416 e. The van der Waals surface area contributed by atoms with Crippen LogP contribution in [0.2, 0.25) is 0 Å². The normalized spacial score (nSPS) is 11.7. The molecule has 28 heavy (non-hydrogen) atoms. The molecule has 140 valence electrons. The van der Waals surface area contributed by atoms with Crippen molar-refractivity contribution in [1.29, 1.82) is 0 Å². The van der Waals surface area contributed by atoms with Gasteiger partial charge in [0.1, 0.15) is 5.69 Å². The summed E-state index contributed by atoms with van der Waals surface area (Å²) >= 11 is 0. The summed E-state index contributed by atoms with van der Waals surface area (Å²) in [6, 6.07) is 16.8. The van der Waals surface area contributed by atoms with Crippen LogP contribution in [0.3, 0.4) is 0 Å². The molecule has 0 unspecified atom stereocenters. The van der Waals surface area contributed by atoms with E-state index >= 15 is 0 Å². The number of pyridine rings is 1. The van der Waals surface area contributed by atoms with Crippen molar-refractivity contribution in [2.45, 2.75) is 19.5 Å². The minimum Gasteiger partial charge on any atom is -0.249 e. The quantitative estimate of drug-likeness (QED) is 0.464. The van der Waals surface area contributed by atoms with Gasteiger partial charge in [-0.05, 0) is 36.2 Å². The van der Waals surface area contributed by atoms with Gasteiger partial charge in [-0.1, -0.05) is 42.5 Å². The molecule has 3 nitrogen and oxygen atoms in total. The number of alkyl halides is 3. The highest BCUT2D eigenvalue weighted by Gasteiger charge is 2.33. The average molecular weight is 379 g/mol. The van der Waals surface area contributed by atoms with E-state index in [1.54, 1.807) is 18.3 Å². The molecule has 0 N–H and O–H groups in total. The van der Waals surface area contributed by atoms with Gasteiger partial charge in [0.2, 0.25) is 0 Å². The van der Waals surface area contributed by atoms with Crippen LogP contribution in [-0.4, -0.2) is 15.0 Å². The van der Waals surface area contributed by atoms with Crippen molar-refractivity contribution in [3.8, 4) is 11.5 Å². The van der Waals surface area contributed by atoms with E-state index in [1.165, 1.54) is 12.1 Å². The Balaban J connectivity index is 1.74. The first-order valence-corrected chi connectivity index (χ1v) is 8.75. The first kappa shape index (κ1) is 18.1. The van der Waals surface area contributed by atoms with Crippen molar-refractivity contribution in [2.24, 2.45) is 0 Å². The predicted molar refractivity (Wildman–Crippen MR) is 102 cm³/mol. The van der Waals surface area contributed by atoms with Gasteiger partial charge < -0.3 is 0 Å². The second kappa shape index (κ2) is 7.03. The van der Waals surface area contributed by atoms with Gasteiger partial charge in [0, 0.05) is 23.7 Å². The van der Waals surface area contributed by atoms with Gasteiger partial charge >= 0.3 is 6.18 Å². The number of hydrogen-bond donors (Lipinski definition) is 0. The molecule has 4 aromatic rings. The smallest absolute Gasteiger partial charge is 0.249 e. The number of nitrogens with zero attached hydrogens (tertiary/aromatic N) is 3. The molecule has 0 aliphatic carbocycles. The van der Waals surface area contributed by atoms with Gasteiger partial charge in [-0.15, -0.1) is 0 Å². The predicted octanol–water partition coefficient (Wildman–Crippen LogP) is 5.61. The summed E-state index contributed by atoms with van der Waals surface area (Å²) in [7, 11) is 0. The minimum atomic E-state index is -4.40. The van der Waals surface area contributed by atoms with Crippen LogP contribution >= 0.6 is 0 Å². The van der Waals surface area contributed by atoms with Gasteiger partial charge in [-0.3, -0.25) is 0 Å². The summed E-state index contributed by atoms with van der Waals surface area (Å²) in [6.07, 6.45) is -2.59. The Kier molecular flexibility index (Phi) is 4.55. The molecule has 0 atom stereocenters. The lowest BCUT2D eigenvalue weighted by molar-refractivity contribution is -0.138. The van der Waals surface area contributed by atoms with Crippen LogP contribution in [0, 0.1) is 6.92 Å². The number of aromatic nitrogens is 3. The Morgan fingerprint density at radius 3 is 2.43 bits per heavy atom. The maximum atomic E-state index is 13.3. The zero-order chi connectivity index (χ0) is 19.7. The molecule has 2 aromatic carbocycles. The third-order valence-corrected chi connectivity index (χ3v) is 4.60. The lowest BCUT2D eigenvalue weighted by Crippen LogP contribution is -2.10. The number of benzene rings is 2. The fourth-order valence-electron chi connectivity index (χ4n) is 3.10. The fourth-order valence-corrected chi connectivity index (χ4v) is 3.10. The summed E-state index contributed by atoms with van der Waals surface area (Å²) < 4.78 is 39.9. The summed E-state index contributed by atoms with van der Waals surface area (Å²) in [5, 5.41) is 0.915. The molecule has 0 bridgehead atoms. The molecule has 0 aliphatic rings. The molecular weight excluding hydrogens is 363 g/mol. The van der Waals surface area contributed by atoms with Crippen LogP contribution in [0.1, 0.15) is 22.4 Å². The van der Waals surface area contributed by atoms with Crippen molar-refractivity contribution in [3.63, 3.8) is 0 Å². The number of fused-ring (bicyclic) bond motifs is 1. The Morgan fingerprint density at radius 2 is 1.61 bits per heavy atom. The number of hydrogen-bond acceptors (Lipinski definition) is 3. The van der Waals surface area contributed by atoms with Gasteiger partial charge in [0.25, 0.3) is 0 Å². The van der Waals surface area contributed by atoms with Crippen molar-refractivity contribution in [2.75, 3.05) is 0 Å². The highest BCUT2D eigenvalue weighted by atomic mass is 19.4. The second-order valence-electron chi connectivity index (χ2n) is 6.54. The lowest BCUT2D eigenvalue weighted by Gasteiger charge is -2.14. The molecule has 0 aliphatic heterocycles. The van der Waals surface area contributed by atoms with E-state index in [2.05, 4.69) is 15.0 Å². The molecule has 4 rings (SSSR count). The minimum absolute atomic E-state index is 0.0862. The zero-order valence-corrected chi connectivity index (χ0v) is 15.0. The molecule has 0 saturated heterocycles. The van der Waals surface area contributed by atoms with E-state index in [4.69, 9.17) is 0 Å².